The van der Waals surface area contributed by atoms with Crippen molar-refractivity contribution in [2.24, 2.45) is 0 Å². The Morgan fingerprint density at radius 1 is 1.04 bits per heavy atom. The minimum absolute atomic E-state index is 0.152. The van der Waals surface area contributed by atoms with Gasteiger partial charge in [0.1, 0.15) is 0 Å². The molecule has 0 N–H and O–H groups in total. The molecule has 3 rings (SSSR count). The Morgan fingerprint density at radius 3 is 2.36 bits per heavy atom. The SMILES string of the molecule is CCSC1=C(c2ccc(C)cc2)C(=O)N(CCN2CCOCC2)C1=O. The zero-order chi connectivity index (χ0) is 17.8. The van der Waals surface area contributed by atoms with Crippen LogP contribution in [0.1, 0.15) is 18.1 Å². The average Bonchev–Trinajstić information content (AvgIpc) is 2.86. The molecule has 0 aromatic heterocycles. The third-order valence-electron chi connectivity index (χ3n) is 4.50. The average molecular weight is 360 g/mol. The smallest absolute Gasteiger partial charge is 0.268 e. The molecule has 1 aromatic rings. The Kier molecular flexibility index (Phi) is 5.93. The van der Waals surface area contributed by atoms with Crippen LogP contribution >= 0.6 is 11.8 Å². The third kappa shape index (κ3) is 3.97. The normalized spacial score (nSPS) is 19.2. The maximum atomic E-state index is 12.9. The molecule has 1 aromatic carbocycles. The molecule has 2 heterocycles. The van der Waals surface area contributed by atoms with Gasteiger partial charge in [-0.15, -0.1) is 11.8 Å². The van der Waals surface area contributed by atoms with Crippen LogP contribution in [-0.2, 0) is 14.3 Å². The third-order valence-corrected chi connectivity index (χ3v) is 5.45. The van der Waals surface area contributed by atoms with Crippen LogP contribution in [-0.4, -0.2) is 66.8 Å². The molecule has 2 amide bonds. The first-order valence-electron chi connectivity index (χ1n) is 8.72. The number of hydrogen-bond donors (Lipinski definition) is 0. The van der Waals surface area contributed by atoms with Crippen molar-refractivity contribution in [3.63, 3.8) is 0 Å². The van der Waals surface area contributed by atoms with Crippen LogP contribution in [0.5, 0.6) is 0 Å². The van der Waals surface area contributed by atoms with Gasteiger partial charge in [-0.2, -0.15) is 0 Å². The molecule has 2 aliphatic rings. The second kappa shape index (κ2) is 8.17. The van der Waals surface area contributed by atoms with Gasteiger partial charge < -0.3 is 4.74 Å². The van der Waals surface area contributed by atoms with Gasteiger partial charge in [0.25, 0.3) is 11.8 Å². The van der Waals surface area contributed by atoms with Gasteiger partial charge in [-0.25, -0.2) is 0 Å². The number of aryl methyl sites for hydroxylation is 1. The van der Waals surface area contributed by atoms with Gasteiger partial charge in [0.05, 0.1) is 23.7 Å². The predicted molar refractivity (Wildman–Crippen MR) is 100 cm³/mol. The maximum Gasteiger partial charge on any atom is 0.268 e. The molecule has 0 atom stereocenters. The summed E-state index contributed by atoms with van der Waals surface area (Å²) in [4.78, 5) is 30.0. The Labute approximate surface area is 153 Å². The van der Waals surface area contributed by atoms with Gasteiger partial charge in [0.15, 0.2) is 0 Å². The molecule has 5 nitrogen and oxygen atoms in total. The maximum absolute atomic E-state index is 12.9. The fourth-order valence-electron chi connectivity index (χ4n) is 3.08. The van der Waals surface area contributed by atoms with E-state index in [0.29, 0.717) is 36.8 Å². The van der Waals surface area contributed by atoms with E-state index < -0.39 is 0 Å². The number of benzene rings is 1. The fraction of sp³-hybridized carbons (Fsp3) is 0.474. The van der Waals surface area contributed by atoms with Crippen molar-refractivity contribution in [1.82, 2.24) is 9.80 Å². The highest BCUT2D eigenvalue weighted by Gasteiger charge is 2.38. The molecule has 0 radical (unpaired) electrons. The molecule has 0 bridgehead atoms. The highest BCUT2D eigenvalue weighted by molar-refractivity contribution is 8.04. The van der Waals surface area contributed by atoms with E-state index in [2.05, 4.69) is 4.90 Å². The number of hydrogen-bond acceptors (Lipinski definition) is 5. The Balaban J connectivity index is 1.78. The van der Waals surface area contributed by atoms with Crippen LogP contribution in [0.4, 0.5) is 0 Å². The van der Waals surface area contributed by atoms with Crippen LogP contribution in [0.2, 0.25) is 0 Å². The Morgan fingerprint density at radius 2 is 1.72 bits per heavy atom. The number of rotatable bonds is 6. The van der Waals surface area contributed by atoms with E-state index in [4.69, 9.17) is 4.74 Å². The number of carbonyl (C=O) groups excluding carboxylic acids is 2. The van der Waals surface area contributed by atoms with Crippen molar-refractivity contribution < 1.29 is 14.3 Å². The van der Waals surface area contributed by atoms with Crippen molar-refractivity contribution >= 4 is 29.1 Å². The summed E-state index contributed by atoms with van der Waals surface area (Å²) in [5.74, 6) is 0.444. The van der Waals surface area contributed by atoms with Crippen LogP contribution in [0, 0.1) is 6.92 Å². The van der Waals surface area contributed by atoms with Gasteiger partial charge in [0.2, 0.25) is 0 Å². The van der Waals surface area contributed by atoms with Gasteiger partial charge in [-0.3, -0.25) is 19.4 Å². The van der Waals surface area contributed by atoms with Gasteiger partial charge >= 0.3 is 0 Å². The van der Waals surface area contributed by atoms with E-state index >= 15 is 0 Å². The molecule has 0 unspecified atom stereocenters. The zero-order valence-electron chi connectivity index (χ0n) is 14.8. The van der Waals surface area contributed by atoms with Crippen LogP contribution in [0.25, 0.3) is 5.57 Å². The van der Waals surface area contributed by atoms with Crippen molar-refractivity contribution in [3.8, 4) is 0 Å². The minimum atomic E-state index is -0.168. The molecule has 0 aliphatic carbocycles. The number of ether oxygens (including phenoxy) is 1. The highest BCUT2D eigenvalue weighted by Crippen LogP contribution is 2.35. The van der Waals surface area contributed by atoms with Crippen molar-refractivity contribution in [2.45, 2.75) is 13.8 Å². The number of imide groups is 1. The summed E-state index contributed by atoms with van der Waals surface area (Å²) in [6.45, 7) is 8.27. The van der Waals surface area contributed by atoms with E-state index in [0.717, 1.165) is 30.0 Å². The summed E-state index contributed by atoms with van der Waals surface area (Å²) < 4.78 is 5.35. The minimum Gasteiger partial charge on any atom is -0.379 e. The number of nitrogens with zero attached hydrogens (tertiary/aromatic N) is 2. The number of thioether (sulfide) groups is 1. The molecule has 6 heteroatoms. The van der Waals surface area contributed by atoms with Crippen molar-refractivity contribution in [3.05, 3.63) is 40.3 Å². The van der Waals surface area contributed by atoms with Crippen LogP contribution in [0.15, 0.2) is 29.2 Å². The number of morpholine rings is 1. The van der Waals surface area contributed by atoms with E-state index in [1.807, 2.05) is 38.1 Å². The van der Waals surface area contributed by atoms with Gasteiger partial charge in [-0.1, -0.05) is 36.8 Å². The zero-order valence-corrected chi connectivity index (χ0v) is 15.6. The van der Waals surface area contributed by atoms with Crippen LogP contribution in [0.3, 0.4) is 0 Å². The first-order valence-corrected chi connectivity index (χ1v) is 9.70. The first-order chi connectivity index (χ1) is 12.1. The summed E-state index contributed by atoms with van der Waals surface area (Å²) >= 11 is 1.46. The quantitative estimate of drug-likeness (QED) is 0.728. The highest BCUT2D eigenvalue weighted by atomic mass is 32.2. The molecule has 0 saturated carbocycles. The molecular formula is C19H24N2O3S. The summed E-state index contributed by atoms with van der Waals surface area (Å²) in [6, 6.07) is 7.81. The lowest BCUT2D eigenvalue weighted by Gasteiger charge is -2.28. The Bertz CT molecular complexity index is 678. The fourth-order valence-corrected chi connectivity index (χ4v) is 3.95. The van der Waals surface area contributed by atoms with E-state index in [1.165, 1.54) is 16.7 Å². The lowest BCUT2D eigenvalue weighted by atomic mass is 10.0. The number of carbonyl (C=O) groups is 2. The standard InChI is InChI=1S/C19H24N2O3S/c1-3-25-17-16(15-6-4-14(2)5-7-15)18(22)21(19(17)23)9-8-20-10-12-24-13-11-20/h4-7H,3,8-13H2,1-2H3. The monoisotopic (exact) mass is 360 g/mol. The summed E-state index contributed by atoms with van der Waals surface area (Å²) in [7, 11) is 0. The van der Waals surface area contributed by atoms with Crippen LogP contribution < -0.4 is 0 Å². The van der Waals surface area contributed by atoms with Gasteiger partial charge in [0, 0.05) is 26.2 Å². The lowest BCUT2D eigenvalue weighted by molar-refractivity contribution is -0.136. The largest absolute Gasteiger partial charge is 0.379 e. The van der Waals surface area contributed by atoms with Gasteiger partial charge in [-0.05, 0) is 18.2 Å². The summed E-state index contributed by atoms with van der Waals surface area (Å²) in [5, 5.41) is 0. The Hall–Kier alpha value is -1.63. The van der Waals surface area contributed by atoms with E-state index in [-0.39, 0.29) is 11.8 Å². The molecule has 134 valence electrons. The molecular weight excluding hydrogens is 336 g/mol. The first kappa shape index (κ1) is 18.2. The molecule has 1 fully saturated rings. The molecule has 2 aliphatic heterocycles. The number of amides is 2. The van der Waals surface area contributed by atoms with E-state index in [1.54, 1.807) is 0 Å². The second-order valence-electron chi connectivity index (χ2n) is 6.22. The van der Waals surface area contributed by atoms with Crippen molar-refractivity contribution in [1.29, 1.82) is 0 Å². The molecule has 1 saturated heterocycles. The van der Waals surface area contributed by atoms with E-state index in [9.17, 15) is 9.59 Å². The molecule has 25 heavy (non-hydrogen) atoms. The predicted octanol–water partition coefficient (Wildman–Crippen LogP) is 2.16. The van der Waals surface area contributed by atoms with Crippen molar-refractivity contribution in [2.75, 3.05) is 45.1 Å². The summed E-state index contributed by atoms with van der Waals surface area (Å²) in [5.41, 5.74) is 2.52. The second-order valence-corrected chi connectivity index (χ2v) is 7.49. The topological polar surface area (TPSA) is 49.9 Å². The molecule has 0 spiro atoms. The lowest BCUT2D eigenvalue weighted by Crippen LogP contribution is -2.43. The summed E-state index contributed by atoms with van der Waals surface area (Å²) in [6.07, 6.45) is 0.